The fourth-order valence-corrected chi connectivity index (χ4v) is 1.79. The lowest BCUT2D eigenvalue weighted by molar-refractivity contribution is -0.385. The minimum atomic E-state index is -1.50. The molecule has 1 heterocycles. The number of nitro groups is 1. The first kappa shape index (κ1) is 15.5. The Kier molecular flexibility index (Phi) is 3.65. The summed E-state index contributed by atoms with van der Waals surface area (Å²) in [7, 11) is 0. The van der Waals surface area contributed by atoms with E-state index in [2.05, 4.69) is 0 Å². The number of nitro benzene ring substituents is 1. The smallest absolute Gasteiger partial charge is 0.348 e. The minimum Gasteiger partial charge on any atom is -0.419 e. The topological polar surface area (TPSA) is 95.7 Å². The highest BCUT2D eigenvalue weighted by Crippen LogP contribution is 2.29. The van der Waals surface area contributed by atoms with Crippen LogP contribution >= 0.6 is 0 Å². The number of carbonyl (C=O) groups excluding carboxylic acids is 2. The zero-order valence-corrected chi connectivity index (χ0v) is 11.4. The molecule has 0 unspecified atom stereocenters. The lowest BCUT2D eigenvalue weighted by Gasteiger charge is -2.29. The van der Waals surface area contributed by atoms with Crippen LogP contribution in [0.5, 0.6) is 0 Å². The third-order valence-corrected chi connectivity index (χ3v) is 2.67. The summed E-state index contributed by atoms with van der Waals surface area (Å²) in [5, 5.41) is 10.8. The molecule has 1 aromatic rings. The number of cyclic esters (lactones) is 2. The van der Waals surface area contributed by atoms with Gasteiger partial charge in [0.25, 0.3) is 11.5 Å². The monoisotopic (exact) mass is 313 g/mol. The molecule has 1 saturated heterocycles. The predicted octanol–water partition coefficient (Wildman–Crippen LogP) is 2.09. The van der Waals surface area contributed by atoms with Gasteiger partial charge in [-0.1, -0.05) is 0 Å². The van der Waals surface area contributed by atoms with Gasteiger partial charge in [-0.15, -0.1) is 0 Å². The van der Waals surface area contributed by atoms with Crippen molar-refractivity contribution in [2.45, 2.75) is 19.6 Å². The lowest BCUT2D eigenvalue weighted by Crippen LogP contribution is -2.41. The molecule has 2 rings (SSSR count). The van der Waals surface area contributed by atoms with Crippen LogP contribution in [0, 0.1) is 21.7 Å². The predicted molar refractivity (Wildman–Crippen MR) is 67.3 cm³/mol. The molecule has 116 valence electrons. The third-order valence-electron chi connectivity index (χ3n) is 2.67. The number of hydrogen-bond acceptors (Lipinski definition) is 6. The van der Waals surface area contributed by atoms with E-state index < -0.39 is 51.1 Å². The SMILES string of the molecule is CC1(C)OC(=O)C(=Cc2c(F)cc(F)cc2[N+](=O)[O-])C(=O)O1. The van der Waals surface area contributed by atoms with E-state index in [1.54, 1.807) is 0 Å². The van der Waals surface area contributed by atoms with Crippen LogP contribution in [0.25, 0.3) is 6.08 Å². The molecular weight excluding hydrogens is 304 g/mol. The average Bonchev–Trinajstić information content (AvgIpc) is 2.33. The Hall–Kier alpha value is -2.84. The van der Waals surface area contributed by atoms with Crippen LogP contribution in [0.4, 0.5) is 14.5 Å². The highest BCUT2D eigenvalue weighted by molar-refractivity contribution is 6.19. The van der Waals surface area contributed by atoms with Crippen molar-refractivity contribution in [1.29, 1.82) is 0 Å². The van der Waals surface area contributed by atoms with E-state index in [-0.39, 0.29) is 0 Å². The molecule has 0 N–H and O–H groups in total. The van der Waals surface area contributed by atoms with Crippen LogP contribution < -0.4 is 0 Å². The fraction of sp³-hybridized carbons (Fsp3) is 0.231. The summed E-state index contributed by atoms with van der Waals surface area (Å²) in [6.45, 7) is 2.61. The maximum absolute atomic E-state index is 13.7. The quantitative estimate of drug-likeness (QED) is 0.273. The molecule has 1 aromatic carbocycles. The summed E-state index contributed by atoms with van der Waals surface area (Å²) in [6, 6.07) is 0.863. The maximum atomic E-state index is 13.7. The molecule has 0 bridgehead atoms. The van der Waals surface area contributed by atoms with Crippen LogP contribution in [0.1, 0.15) is 19.4 Å². The first-order valence-corrected chi connectivity index (χ1v) is 5.92. The fourth-order valence-electron chi connectivity index (χ4n) is 1.79. The van der Waals surface area contributed by atoms with Crippen molar-refractivity contribution in [2.75, 3.05) is 0 Å². The molecular formula is C13H9F2NO6. The molecule has 7 nitrogen and oxygen atoms in total. The van der Waals surface area contributed by atoms with E-state index in [1.807, 2.05) is 0 Å². The molecule has 0 aliphatic carbocycles. The van der Waals surface area contributed by atoms with Crippen molar-refractivity contribution in [2.24, 2.45) is 0 Å². The van der Waals surface area contributed by atoms with E-state index in [0.29, 0.717) is 18.2 Å². The van der Waals surface area contributed by atoms with Crippen LogP contribution in [-0.2, 0) is 19.1 Å². The van der Waals surface area contributed by atoms with Crippen molar-refractivity contribution in [3.8, 4) is 0 Å². The molecule has 0 saturated carbocycles. The summed E-state index contributed by atoms with van der Waals surface area (Å²) < 4.78 is 36.3. The van der Waals surface area contributed by atoms with E-state index in [9.17, 15) is 28.5 Å². The van der Waals surface area contributed by atoms with Crippen molar-refractivity contribution in [3.05, 3.63) is 45.0 Å². The second-order valence-electron chi connectivity index (χ2n) is 4.81. The van der Waals surface area contributed by atoms with E-state index in [4.69, 9.17) is 9.47 Å². The second kappa shape index (κ2) is 5.17. The number of ether oxygens (including phenoxy) is 2. The lowest BCUT2D eigenvalue weighted by atomic mass is 10.1. The molecule has 0 amide bonds. The molecule has 0 atom stereocenters. The van der Waals surface area contributed by atoms with Gasteiger partial charge in [-0.25, -0.2) is 18.4 Å². The number of esters is 2. The average molecular weight is 313 g/mol. The molecule has 1 aliphatic rings. The first-order chi connectivity index (χ1) is 10.1. The van der Waals surface area contributed by atoms with Gasteiger partial charge in [-0.3, -0.25) is 10.1 Å². The zero-order valence-electron chi connectivity index (χ0n) is 11.4. The Morgan fingerprint density at radius 1 is 1.18 bits per heavy atom. The number of halogens is 2. The maximum Gasteiger partial charge on any atom is 0.348 e. The number of nitrogens with zero attached hydrogens (tertiary/aromatic N) is 1. The van der Waals surface area contributed by atoms with Gasteiger partial charge in [0.15, 0.2) is 0 Å². The Labute approximate surface area is 122 Å². The molecule has 1 fully saturated rings. The Balaban J connectivity index is 2.56. The normalized spacial score (nSPS) is 16.8. The van der Waals surface area contributed by atoms with E-state index in [1.165, 1.54) is 13.8 Å². The number of hydrogen-bond donors (Lipinski definition) is 0. The van der Waals surface area contributed by atoms with Gasteiger partial charge in [0, 0.05) is 19.9 Å². The van der Waals surface area contributed by atoms with Gasteiger partial charge in [-0.2, -0.15) is 0 Å². The van der Waals surface area contributed by atoms with Crippen LogP contribution in [0.3, 0.4) is 0 Å². The molecule has 1 aliphatic heterocycles. The van der Waals surface area contributed by atoms with Gasteiger partial charge in [0.05, 0.1) is 16.6 Å². The highest BCUT2D eigenvalue weighted by atomic mass is 19.1. The summed E-state index contributed by atoms with van der Waals surface area (Å²) in [5.74, 6) is -6.22. The Morgan fingerprint density at radius 3 is 2.23 bits per heavy atom. The van der Waals surface area contributed by atoms with Gasteiger partial charge in [0.1, 0.15) is 17.2 Å². The molecule has 0 aromatic heterocycles. The van der Waals surface area contributed by atoms with Crippen molar-refractivity contribution < 1.29 is 32.8 Å². The standard InChI is InChI=1S/C13H9F2NO6/c1-13(2)21-11(17)8(12(18)22-13)5-7-9(15)3-6(14)4-10(7)16(19)20/h3-5H,1-2H3. The van der Waals surface area contributed by atoms with Crippen molar-refractivity contribution in [1.82, 2.24) is 0 Å². The molecule has 0 radical (unpaired) electrons. The highest BCUT2D eigenvalue weighted by Gasteiger charge is 2.39. The summed E-state index contributed by atoms with van der Waals surface area (Å²) in [5.41, 5.74) is -2.39. The van der Waals surface area contributed by atoms with Gasteiger partial charge in [-0.05, 0) is 6.08 Å². The largest absolute Gasteiger partial charge is 0.419 e. The minimum absolute atomic E-state index is 0.392. The number of rotatable bonds is 2. The molecule has 9 heteroatoms. The number of carbonyl (C=O) groups is 2. The van der Waals surface area contributed by atoms with E-state index in [0.717, 1.165) is 0 Å². The number of benzene rings is 1. The first-order valence-electron chi connectivity index (χ1n) is 5.92. The van der Waals surface area contributed by atoms with Crippen LogP contribution in [-0.4, -0.2) is 22.6 Å². The Bertz CT molecular complexity index is 703. The zero-order chi connectivity index (χ0) is 16.7. The summed E-state index contributed by atoms with van der Waals surface area (Å²) in [6.07, 6.45) is 0.604. The van der Waals surface area contributed by atoms with E-state index >= 15 is 0 Å². The Morgan fingerprint density at radius 2 is 1.73 bits per heavy atom. The van der Waals surface area contributed by atoms with Crippen LogP contribution in [0.2, 0.25) is 0 Å². The van der Waals surface area contributed by atoms with Gasteiger partial charge >= 0.3 is 11.9 Å². The summed E-state index contributed by atoms with van der Waals surface area (Å²) in [4.78, 5) is 33.3. The van der Waals surface area contributed by atoms with Gasteiger partial charge in [0.2, 0.25) is 0 Å². The second-order valence-corrected chi connectivity index (χ2v) is 4.81. The molecule has 22 heavy (non-hydrogen) atoms. The summed E-state index contributed by atoms with van der Waals surface area (Å²) >= 11 is 0. The van der Waals surface area contributed by atoms with Crippen LogP contribution in [0.15, 0.2) is 17.7 Å². The van der Waals surface area contributed by atoms with Crippen molar-refractivity contribution in [3.63, 3.8) is 0 Å². The van der Waals surface area contributed by atoms with Gasteiger partial charge < -0.3 is 9.47 Å². The molecule has 0 spiro atoms. The van der Waals surface area contributed by atoms with Crippen molar-refractivity contribution >= 4 is 23.7 Å². The third kappa shape index (κ3) is 2.92.